The molecule has 23 heavy (non-hydrogen) atoms. The zero-order valence-corrected chi connectivity index (χ0v) is 13.8. The number of hydrogen-bond acceptors (Lipinski definition) is 4. The van der Waals surface area contributed by atoms with Gasteiger partial charge >= 0.3 is 0 Å². The van der Waals surface area contributed by atoms with Gasteiger partial charge in [-0.1, -0.05) is 23.7 Å². The summed E-state index contributed by atoms with van der Waals surface area (Å²) in [5, 5.41) is 3.60. The van der Waals surface area contributed by atoms with Crippen LogP contribution in [-0.4, -0.2) is 21.6 Å². The van der Waals surface area contributed by atoms with Crippen LogP contribution in [0.5, 0.6) is 0 Å². The summed E-state index contributed by atoms with van der Waals surface area (Å²) in [6.07, 6.45) is 3.69. The van der Waals surface area contributed by atoms with Crippen molar-refractivity contribution in [2.24, 2.45) is 0 Å². The van der Waals surface area contributed by atoms with Crippen LogP contribution in [0.25, 0.3) is 11.0 Å². The summed E-state index contributed by atoms with van der Waals surface area (Å²) in [4.78, 5) is 21.4. The number of carbonyl (C=O) groups is 1. The average molecular weight is 344 g/mol. The van der Waals surface area contributed by atoms with Crippen molar-refractivity contribution in [1.82, 2.24) is 9.97 Å². The number of aromatic nitrogens is 2. The van der Waals surface area contributed by atoms with Crippen LogP contribution in [0.2, 0.25) is 5.02 Å². The summed E-state index contributed by atoms with van der Waals surface area (Å²) >= 11 is 7.66. The number of nitrogens with zero attached hydrogens (tertiary/aromatic N) is 2. The van der Waals surface area contributed by atoms with Crippen LogP contribution >= 0.6 is 23.4 Å². The average Bonchev–Trinajstić information content (AvgIpc) is 2.56. The highest BCUT2D eigenvalue weighted by Gasteiger charge is 2.06. The molecule has 0 spiro atoms. The summed E-state index contributed by atoms with van der Waals surface area (Å²) in [6.45, 7) is 0. The Bertz CT molecular complexity index is 841. The van der Waals surface area contributed by atoms with Crippen LogP contribution in [0.4, 0.5) is 5.69 Å². The third kappa shape index (κ3) is 4.21. The number of nitrogens with one attached hydrogen (secondary N) is 1. The molecule has 1 heterocycles. The molecule has 0 saturated heterocycles. The Balaban J connectivity index is 1.55. The molecule has 1 amide bonds. The van der Waals surface area contributed by atoms with Gasteiger partial charge in [0.2, 0.25) is 5.91 Å². The van der Waals surface area contributed by atoms with E-state index < -0.39 is 0 Å². The highest BCUT2D eigenvalue weighted by atomic mass is 35.5. The first-order chi connectivity index (χ1) is 11.2. The van der Waals surface area contributed by atoms with E-state index in [9.17, 15) is 4.79 Å². The molecular weight excluding hydrogens is 330 g/mol. The fourth-order valence-corrected chi connectivity index (χ4v) is 3.27. The molecule has 3 aromatic rings. The van der Waals surface area contributed by atoms with Gasteiger partial charge in [-0.05, 0) is 30.3 Å². The molecule has 116 valence electrons. The first-order valence-corrected chi connectivity index (χ1v) is 8.47. The highest BCUT2D eigenvalue weighted by molar-refractivity contribution is 7.99. The largest absolute Gasteiger partial charge is 0.326 e. The van der Waals surface area contributed by atoms with E-state index in [0.717, 1.165) is 21.6 Å². The lowest BCUT2D eigenvalue weighted by molar-refractivity contribution is -0.115. The van der Waals surface area contributed by atoms with Gasteiger partial charge in [-0.3, -0.25) is 14.8 Å². The fourth-order valence-electron chi connectivity index (χ4n) is 2.08. The fraction of sp³-hybridized carbons (Fsp3) is 0.118. The van der Waals surface area contributed by atoms with E-state index in [1.807, 2.05) is 42.5 Å². The predicted octanol–water partition coefficient (Wildman–Crippen LogP) is 4.40. The molecule has 3 rings (SSSR count). The molecule has 0 aliphatic heterocycles. The second kappa shape index (κ2) is 7.44. The molecule has 0 aliphatic rings. The second-order valence-corrected chi connectivity index (χ2v) is 6.38. The molecule has 0 radical (unpaired) electrons. The summed E-state index contributed by atoms with van der Waals surface area (Å²) < 4.78 is 0. The first kappa shape index (κ1) is 15.8. The van der Waals surface area contributed by atoms with E-state index in [-0.39, 0.29) is 5.91 Å². The number of anilines is 1. The molecule has 6 heteroatoms. The molecule has 2 aromatic carbocycles. The van der Waals surface area contributed by atoms with E-state index in [2.05, 4.69) is 15.3 Å². The lowest BCUT2D eigenvalue weighted by atomic mass is 10.2. The van der Waals surface area contributed by atoms with Gasteiger partial charge in [-0.15, -0.1) is 11.8 Å². The molecular formula is C17H14ClN3OS. The van der Waals surface area contributed by atoms with Gasteiger partial charge in [0, 0.05) is 35.2 Å². The van der Waals surface area contributed by atoms with Gasteiger partial charge in [0.25, 0.3) is 0 Å². The SMILES string of the molecule is O=C(CCSc1ccccc1Cl)Nc1ccc2nccnc2c1. The van der Waals surface area contributed by atoms with Crippen molar-refractivity contribution in [2.45, 2.75) is 11.3 Å². The molecule has 0 unspecified atom stereocenters. The number of amides is 1. The van der Waals surface area contributed by atoms with E-state index >= 15 is 0 Å². The van der Waals surface area contributed by atoms with Crippen LogP contribution < -0.4 is 5.32 Å². The Morgan fingerprint density at radius 3 is 2.70 bits per heavy atom. The minimum atomic E-state index is -0.0345. The monoisotopic (exact) mass is 343 g/mol. The molecule has 1 N–H and O–H groups in total. The van der Waals surface area contributed by atoms with Crippen molar-refractivity contribution in [3.63, 3.8) is 0 Å². The third-order valence-electron chi connectivity index (χ3n) is 3.18. The van der Waals surface area contributed by atoms with Gasteiger partial charge in [0.05, 0.1) is 16.1 Å². The lowest BCUT2D eigenvalue weighted by Gasteiger charge is -2.06. The molecule has 0 aliphatic carbocycles. The number of carbonyl (C=O) groups excluding carboxylic acids is 1. The maximum Gasteiger partial charge on any atom is 0.225 e. The van der Waals surface area contributed by atoms with Gasteiger partial charge in [-0.25, -0.2) is 0 Å². The van der Waals surface area contributed by atoms with Crippen molar-refractivity contribution in [3.05, 3.63) is 59.9 Å². The minimum Gasteiger partial charge on any atom is -0.326 e. The first-order valence-electron chi connectivity index (χ1n) is 7.10. The Hall–Kier alpha value is -2.11. The predicted molar refractivity (Wildman–Crippen MR) is 95.0 cm³/mol. The summed E-state index contributed by atoms with van der Waals surface area (Å²) in [5.41, 5.74) is 2.29. The molecule has 0 saturated carbocycles. The Kier molecular flexibility index (Phi) is 5.10. The molecule has 0 fully saturated rings. The van der Waals surface area contributed by atoms with Gasteiger partial charge in [0.1, 0.15) is 0 Å². The Labute approximate surface area is 143 Å². The Morgan fingerprint density at radius 2 is 1.87 bits per heavy atom. The van der Waals surface area contributed by atoms with Crippen molar-refractivity contribution in [3.8, 4) is 0 Å². The molecule has 0 atom stereocenters. The Morgan fingerprint density at radius 1 is 1.09 bits per heavy atom. The summed E-state index contributed by atoms with van der Waals surface area (Å²) in [5.74, 6) is 0.635. The number of hydrogen-bond donors (Lipinski definition) is 1. The van der Waals surface area contributed by atoms with E-state index in [0.29, 0.717) is 17.2 Å². The van der Waals surface area contributed by atoms with Crippen LogP contribution in [0.15, 0.2) is 59.8 Å². The van der Waals surface area contributed by atoms with E-state index in [4.69, 9.17) is 11.6 Å². The van der Waals surface area contributed by atoms with E-state index in [1.165, 1.54) is 0 Å². The summed E-state index contributed by atoms with van der Waals surface area (Å²) in [7, 11) is 0. The molecule has 4 nitrogen and oxygen atoms in total. The number of halogens is 1. The quantitative estimate of drug-likeness (QED) is 0.697. The minimum absolute atomic E-state index is 0.0345. The van der Waals surface area contributed by atoms with Crippen molar-refractivity contribution in [2.75, 3.05) is 11.1 Å². The third-order valence-corrected chi connectivity index (χ3v) is 4.69. The van der Waals surface area contributed by atoms with Gasteiger partial charge in [0.15, 0.2) is 0 Å². The summed E-state index contributed by atoms with van der Waals surface area (Å²) in [6, 6.07) is 13.1. The van der Waals surface area contributed by atoms with Crippen LogP contribution in [-0.2, 0) is 4.79 Å². The zero-order chi connectivity index (χ0) is 16.1. The van der Waals surface area contributed by atoms with Crippen molar-refractivity contribution >= 4 is 46.0 Å². The smallest absolute Gasteiger partial charge is 0.225 e. The zero-order valence-electron chi connectivity index (χ0n) is 12.2. The number of rotatable bonds is 5. The standard InChI is InChI=1S/C17H14ClN3OS/c18-13-3-1-2-4-16(13)23-10-7-17(22)21-12-5-6-14-15(11-12)20-9-8-19-14/h1-6,8-9,11H,7,10H2,(H,21,22). The maximum atomic E-state index is 12.0. The maximum absolute atomic E-state index is 12.0. The number of benzene rings is 2. The normalized spacial score (nSPS) is 10.7. The van der Waals surface area contributed by atoms with Crippen molar-refractivity contribution < 1.29 is 4.79 Å². The van der Waals surface area contributed by atoms with Crippen LogP contribution in [0, 0.1) is 0 Å². The highest BCUT2D eigenvalue weighted by Crippen LogP contribution is 2.27. The number of fused-ring (bicyclic) bond motifs is 1. The molecule has 0 bridgehead atoms. The topological polar surface area (TPSA) is 54.9 Å². The van der Waals surface area contributed by atoms with Crippen molar-refractivity contribution in [1.29, 1.82) is 0 Å². The second-order valence-electron chi connectivity index (χ2n) is 4.84. The molecule has 1 aromatic heterocycles. The van der Waals surface area contributed by atoms with Gasteiger partial charge in [-0.2, -0.15) is 0 Å². The van der Waals surface area contributed by atoms with E-state index in [1.54, 1.807) is 24.2 Å². The number of thioether (sulfide) groups is 1. The van der Waals surface area contributed by atoms with Crippen LogP contribution in [0.1, 0.15) is 6.42 Å². The van der Waals surface area contributed by atoms with Crippen LogP contribution in [0.3, 0.4) is 0 Å². The van der Waals surface area contributed by atoms with Gasteiger partial charge < -0.3 is 5.32 Å². The lowest BCUT2D eigenvalue weighted by Crippen LogP contribution is -2.12.